The summed E-state index contributed by atoms with van der Waals surface area (Å²) in [5.41, 5.74) is 6.68. The van der Waals surface area contributed by atoms with Gasteiger partial charge in [0.25, 0.3) is 0 Å². The van der Waals surface area contributed by atoms with Crippen LogP contribution >= 0.6 is 11.6 Å². The van der Waals surface area contributed by atoms with Crippen LogP contribution in [0, 0.1) is 5.82 Å². The Morgan fingerprint density at radius 3 is 2.24 bits per heavy atom. The lowest BCUT2D eigenvalue weighted by Crippen LogP contribution is -2.38. The molecule has 25 heavy (non-hydrogen) atoms. The highest BCUT2D eigenvalue weighted by atomic mass is 35.5. The van der Waals surface area contributed by atoms with Crippen LogP contribution in [0.1, 0.15) is 12.0 Å². The van der Waals surface area contributed by atoms with Crippen LogP contribution in [0.5, 0.6) is 0 Å². The van der Waals surface area contributed by atoms with E-state index in [0.717, 1.165) is 5.56 Å². The topological polar surface area (TPSA) is 70.2 Å². The lowest BCUT2D eigenvalue weighted by atomic mass is 10.1. The Bertz CT molecular complexity index is 761. The van der Waals surface area contributed by atoms with Gasteiger partial charge in [0.05, 0.1) is 12.8 Å². The number of amides is 2. The monoisotopic (exact) mass is 361 g/mol. The third-order valence-corrected chi connectivity index (χ3v) is 3.41. The van der Waals surface area contributed by atoms with E-state index in [9.17, 15) is 14.0 Å². The van der Waals surface area contributed by atoms with Crippen molar-refractivity contribution < 1.29 is 14.0 Å². The fourth-order valence-electron chi connectivity index (χ4n) is 1.97. The summed E-state index contributed by atoms with van der Waals surface area (Å²) in [6.45, 7) is 3.68. The van der Waals surface area contributed by atoms with Crippen molar-refractivity contribution in [3.05, 3.63) is 77.2 Å². The quantitative estimate of drug-likeness (QED) is 0.663. The molecule has 0 atom stereocenters. The molecule has 0 bridgehead atoms. The fraction of sp³-hybridized carbons (Fsp3) is 0.111. The van der Waals surface area contributed by atoms with E-state index >= 15 is 0 Å². The second-order valence-corrected chi connectivity index (χ2v) is 5.75. The molecule has 0 saturated carbocycles. The smallest absolute Gasteiger partial charge is 0.242 e. The summed E-state index contributed by atoms with van der Waals surface area (Å²) < 4.78 is 12.8. The molecular formula is C18H17ClFN3O2. The number of halogens is 2. The third-order valence-electron chi connectivity index (χ3n) is 3.16. The van der Waals surface area contributed by atoms with Gasteiger partial charge in [0.1, 0.15) is 5.82 Å². The first kappa shape index (κ1) is 18.5. The van der Waals surface area contributed by atoms with Gasteiger partial charge < -0.3 is 10.7 Å². The summed E-state index contributed by atoms with van der Waals surface area (Å²) in [7, 11) is 0. The number of nitrogens with one attached hydrogen (secondary N) is 3. The van der Waals surface area contributed by atoms with Gasteiger partial charge in [-0.3, -0.25) is 15.0 Å². The van der Waals surface area contributed by atoms with Gasteiger partial charge in [-0.2, -0.15) is 0 Å². The van der Waals surface area contributed by atoms with Crippen LogP contribution in [0.25, 0.3) is 0 Å². The zero-order valence-corrected chi connectivity index (χ0v) is 14.1. The first-order chi connectivity index (χ1) is 11.9. The lowest BCUT2D eigenvalue weighted by molar-refractivity contribution is -0.121. The van der Waals surface area contributed by atoms with Crippen LogP contribution in [0.4, 0.5) is 10.1 Å². The van der Waals surface area contributed by atoms with Gasteiger partial charge in [0.15, 0.2) is 0 Å². The van der Waals surface area contributed by atoms with Gasteiger partial charge >= 0.3 is 0 Å². The molecule has 0 heterocycles. The predicted molar refractivity (Wildman–Crippen MR) is 95.2 cm³/mol. The summed E-state index contributed by atoms with van der Waals surface area (Å²) in [5.74, 6) is -0.994. The third kappa shape index (κ3) is 6.64. The first-order valence-electron chi connectivity index (χ1n) is 7.45. The van der Waals surface area contributed by atoms with Crippen LogP contribution < -0.4 is 16.2 Å². The molecule has 2 aromatic rings. The Morgan fingerprint density at radius 2 is 1.60 bits per heavy atom. The van der Waals surface area contributed by atoms with Crippen molar-refractivity contribution >= 4 is 29.1 Å². The molecule has 0 aliphatic carbocycles. The van der Waals surface area contributed by atoms with Gasteiger partial charge in [-0.25, -0.2) is 4.39 Å². The molecule has 0 unspecified atom stereocenters. The predicted octanol–water partition coefficient (Wildman–Crippen LogP) is 3.18. The molecule has 0 radical (unpaired) electrons. The van der Waals surface area contributed by atoms with E-state index in [-0.39, 0.29) is 30.5 Å². The van der Waals surface area contributed by atoms with Gasteiger partial charge in [-0.15, -0.1) is 0 Å². The second kappa shape index (κ2) is 8.84. The molecule has 0 aliphatic heterocycles. The minimum absolute atomic E-state index is 0.0431. The van der Waals surface area contributed by atoms with Crippen LogP contribution in [0.3, 0.4) is 0 Å². The van der Waals surface area contributed by atoms with Crippen molar-refractivity contribution in [1.82, 2.24) is 10.9 Å². The number of hydrogen-bond acceptors (Lipinski definition) is 3. The van der Waals surface area contributed by atoms with Gasteiger partial charge in [0.2, 0.25) is 11.8 Å². The van der Waals surface area contributed by atoms with E-state index in [4.69, 9.17) is 11.6 Å². The summed E-state index contributed by atoms with van der Waals surface area (Å²) in [5, 5.41) is 3.20. The van der Waals surface area contributed by atoms with Gasteiger partial charge in [0, 0.05) is 16.4 Å². The molecular weight excluding hydrogens is 345 g/mol. The standard InChI is InChI=1S/C18H17ClFN3O2/c1-12(10-17(24)21-16-8-6-15(20)7-9-16)22-23-18(25)11-13-2-4-14(19)5-3-13/h2-9,22H,1,10-11H2,(H,21,24)(H,23,25). The Balaban J connectivity index is 1.72. The molecule has 0 aromatic heterocycles. The number of rotatable bonds is 7. The molecule has 0 aliphatic rings. The normalized spacial score (nSPS) is 10.0. The maximum atomic E-state index is 12.8. The largest absolute Gasteiger partial charge is 0.326 e. The molecule has 130 valence electrons. The van der Waals surface area contributed by atoms with E-state index in [1.807, 2.05) is 0 Å². The Labute approximate surface area is 149 Å². The fourth-order valence-corrected chi connectivity index (χ4v) is 2.09. The molecule has 0 spiro atoms. The zero-order chi connectivity index (χ0) is 18.2. The van der Waals surface area contributed by atoms with E-state index in [1.165, 1.54) is 24.3 Å². The molecule has 5 nitrogen and oxygen atoms in total. The van der Waals surface area contributed by atoms with E-state index < -0.39 is 0 Å². The highest BCUT2D eigenvalue weighted by Gasteiger charge is 2.07. The highest BCUT2D eigenvalue weighted by Crippen LogP contribution is 2.10. The van der Waals surface area contributed by atoms with Crippen LogP contribution in [-0.4, -0.2) is 11.8 Å². The Hall–Kier alpha value is -2.86. The molecule has 2 rings (SSSR count). The number of anilines is 1. The van der Waals surface area contributed by atoms with Crippen molar-refractivity contribution in [2.45, 2.75) is 12.8 Å². The average molecular weight is 362 g/mol. The van der Waals surface area contributed by atoms with Crippen LogP contribution in [0.15, 0.2) is 60.8 Å². The molecule has 0 fully saturated rings. The summed E-state index contributed by atoms with van der Waals surface area (Å²) in [4.78, 5) is 23.7. The van der Waals surface area contributed by atoms with Crippen molar-refractivity contribution in [2.75, 3.05) is 5.32 Å². The maximum Gasteiger partial charge on any atom is 0.242 e. The van der Waals surface area contributed by atoms with Crippen molar-refractivity contribution in [3.63, 3.8) is 0 Å². The Kier molecular flexibility index (Phi) is 6.54. The SMILES string of the molecule is C=C(CC(=O)Nc1ccc(F)cc1)NNC(=O)Cc1ccc(Cl)cc1. The number of hydrazine groups is 1. The number of carbonyl (C=O) groups excluding carboxylic acids is 2. The van der Waals surface area contributed by atoms with Gasteiger partial charge in [-0.05, 0) is 42.0 Å². The van der Waals surface area contributed by atoms with E-state index in [0.29, 0.717) is 16.4 Å². The van der Waals surface area contributed by atoms with Crippen molar-refractivity contribution in [1.29, 1.82) is 0 Å². The average Bonchev–Trinajstić information content (AvgIpc) is 2.57. The minimum atomic E-state index is -0.382. The number of benzene rings is 2. The van der Waals surface area contributed by atoms with E-state index in [1.54, 1.807) is 24.3 Å². The molecule has 3 N–H and O–H groups in total. The zero-order valence-electron chi connectivity index (χ0n) is 13.3. The van der Waals surface area contributed by atoms with E-state index in [2.05, 4.69) is 22.7 Å². The lowest BCUT2D eigenvalue weighted by Gasteiger charge is -2.11. The molecule has 2 aromatic carbocycles. The summed E-state index contributed by atoms with van der Waals surface area (Å²) >= 11 is 5.78. The second-order valence-electron chi connectivity index (χ2n) is 5.31. The Morgan fingerprint density at radius 1 is 0.960 bits per heavy atom. The minimum Gasteiger partial charge on any atom is -0.326 e. The number of hydrogen-bond donors (Lipinski definition) is 3. The van der Waals surface area contributed by atoms with Gasteiger partial charge in [-0.1, -0.05) is 30.3 Å². The van der Waals surface area contributed by atoms with Crippen LogP contribution in [0.2, 0.25) is 5.02 Å². The maximum absolute atomic E-state index is 12.8. The van der Waals surface area contributed by atoms with Crippen molar-refractivity contribution in [3.8, 4) is 0 Å². The molecule has 7 heteroatoms. The molecule has 0 saturated heterocycles. The molecule has 2 amide bonds. The highest BCUT2D eigenvalue weighted by molar-refractivity contribution is 6.30. The summed E-state index contributed by atoms with van der Waals surface area (Å²) in [6, 6.07) is 12.3. The van der Waals surface area contributed by atoms with Crippen molar-refractivity contribution in [2.24, 2.45) is 0 Å². The van der Waals surface area contributed by atoms with Crippen LogP contribution in [-0.2, 0) is 16.0 Å². The summed E-state index contributed by atoms with van der Waals surface area (Å²) in [6.07, 6.45) is 0.123. The first-order valence-corrected chi connectivity index (χ1v) is 7.82. The number of carbonyl (C=O) groups is 2.